The molecule has 266 valence electrons. The van der Waals surface area contributed by atoms with E-state index in [0.717, 1.165) is 65.5 Å². The summed E-state index contributed by atoms with van der Waals surface area (Å²) in [6.45, 7) is 17.5. The Bertz CT molecular complexity index is 2820. The number of carbonyl (C=O) groups is 1. The molecule has 0 amide bonds. The molecule has 4 aromatic heterocycles. The van der Waals surface area contributed by atoms with Gasteiger partial charge < -0.3 is 0 Å². The van der Waals surface area contributed by atoms with Crippen LogP contribution in [0.3, 0.4) is 0 Å². The molecule has 4 heterocycles. The van der Waals surface area contributed by atoms with E-state index in [9.17, 15) is 4.79 Å². The van der Waals surface area contributed by atoms with Crippen molar-refractivity contribution in [2.75, 3.05) is 0 Å². The third kappa shape index (κ3) is 5.44. The van der Waals surface area contributed by atoms with E-state index >= 15 is 0 Å². The first kappa shape index (κ1) is 34.4. The molecular formula is C47H40N4OS2. The normalized spacial score (nSPS) is 12.4. The van der Waals surface area contributed by atoms with E-state index in [-0.39, 0.29) is 5.78 Å². The average molecular weight is 741 g/mol. The molecule has 0 N–H and O–H groups in total. The maximum Gasteiger partial charge on any atom is 0.214 e. The van der Waals surface area contributed by atoms with Crippen molar-refractivity contribution < 1.29 is 4.79 Å². The van der Waals surface area contributed by atoms with Crippen LogP contribution in [-0.4, -0.2) is 25.7 Å². The molecule has 0 unspecified atom stereocenters. The van der Waals surface area contributed by atoms with Gasteiger partial charge in [-0.05, 0) is 62.8 Å². The second-order valence-corrected chi connectivity index (χ2v) is 17.4. The summed E-state index contributed by atoms with van der Waals surface area (Å²) >= 11 is 3.56. The molecule has 5 nitrogen and oxygen atoms in total. The standard InChI is InChI=1S/C47H40N4OS2/c1-23(2)46-27(7)21-33(53-46)35-40-41(49-38(30-19-15-26(6)16-20-30)37(48-40)29-17-13-25(5)14-18-29)36(34-22-28(8)47(54-34)24(3)4)43-42(35)50-39-31-11-9-10-12-32(31)45(52)44(39)51-43/h9-24H,1-8H3. The fourth-order valence-electron chi connectivity index (χ4n) is 7.83. The summed E-state index contributed by atoms with van der Waals surface area (Å²) in [6.07, 6.45) is 0. The molecule has 8 aromatic rings. The van der Waals surface area contributed by atoms with Gasteiger partial charge in [-0.25, -0.2) is 19.9 Å². The molecule has 0 saturated carbocycles. The first-order valence-corrected chi connectivity index (χ1v) is 20.2. The zero-order valence-electron chi connectivity index (χ0n) is 31.8. The highest BCUT2D eigenvalue weighted by Gasteiger charge is 2.33. The summed E-state index contributed by atoms with van der Waals surface area (Å²) in [5.41, 5.74) is 15.6. The van der Waals surface area contributed by atoms with E-state index < -0.39 is 0 Å². The number of ketones is 1. The summed E-state index contributed by atoms with van der Waals surface area (Å²) in [5, 5.41) is 0. The molecule has 1 aliphatic carbocycles. The van der Waals surface area contributed by atoms with Crippen LogP contribution in [0.15, 0.2) is 84.9 Å². The average Bonchev–Trinajstić information content (AvgIpc) is 3.82. The molecular weight excluding hydrogens is 701 g/mol. The molecule has 0 spiro atoms. The Hall–Kier alpha value is -5.37. The van der Waals surface area contributed by atoms with Crippen molar-refractivity contribution in [2.45, 2.75) is 67.2 Å². The van der Waals surface area contributed by atoms with E-state index in [1.54, 1.807) is 22.7 Å². The summed E-state index contributed by atoms with van der Waals surface area (Å²) in [4.78, 5) is 41.0. The van der Waals surface area contributed by atoms with Gasteiger partial charge in [-0.1, -0.05) is 112 Å². The summed E-state index contributed by atoms with van der Waals surface area (Å²) < 4.78 is 0. The van der Waals surface area contributed by atoms with E-state index in [0.29, 0.717) is 34.3 Å². The first-order chi connectivity index (χ1) is 26.0. The monoisotopic (exact) mass is 740 g/mol. The fourth-order valence-corrected chi connectivity index (χ4v) is 10.3. The maximum absolute atomic E-state index is 14.0. The summed E-state index contributed by atoms with van der Waals surface area (Å²) in [5.74, 6) is 0.604. The fraction of sp³-hybridized carbons (Fsp3) is 0.213. The number of benzene rings is 4. The van der Waals surface area contributed by atoms with Crippen LogP contribution < -0.4 is 0 Å². The van der Waals surface area contributed by atoms with E-state index in [1.807, 2.05) is 24.3 Å². The van der Waals surface area contributed by atoms with E-state index in [1.165, 1.54) is 32.0 Å². The molecule has 1 aliphatic rings. The third-order valence-electron chi connectivity index (χ3n) is 10.5. The molecule has 0 saturated heterocycles. The van der Waals surface area contributed by atoms with Gasteiger partial charge in [0.15, 0.2) is 0 Å². The zero-order valence-corrected chi connectivity index (χ0v) is 33.4. The Labute approximate surface area is 323 Å². The lowest BCUT2D eigenvalue weighted by molar-refractivity contribution is 0.103. The van der Waals surface area contributed by atoms with Crippen LogP contribution in [-0.2, 0) is 0 Å². The van der Waals surface area contributed by atoms with E-state index in [2.05, 4.69) is 116 Å². The van der Waals surface area contributed by atoms with Gasteiger partial charge in [0, 0.05) is 52.9 Å². The van der Waals surface area contributed by atoms with Crippen molar-refractivity contribution in [1.29, 1.82) is 0 Å². The second kappa shape index (κ2) is 12.9. The highest BCUT2D eigenvalue weighted by atomic mass is 32.1. The lowest BCUT2D eigenvalue weighted by Gasteiger charge is -2.18. The van der Waals surface area contributed by atoms with Gasteiger partial charge in [0.2, 0.25) is 5.78 Å². The van der Waals surface area contributed by atoms with Gasteiger partial charge in [-0.2, -0.15) is 0 Å². The number of aromatic nitrogens is 4. The molecule has 4 aromatic carbocycles. The van der Waals surface area contributed by atoms with Crippen LogP contribution in [0.5, 0.6) is 0 Å². The molecule has 0 atom stereocenters. The van der Waals surface area contributed by atoms with Gasteiger partial charge in [0.05, 0.1) is 11.4 Å². The molecule has 0 aliphatic heterocycles. The Morgan fingerprint density at radius 1 is 0.481 bits per heavy atom. The van der Waals surface area contributed by atoms with Crippen molar-refractivity contribution in [3.05, 3.63) is 128 Å². The van der Waals surface area contributed by atoms with Gasteiger partial charge in [0.1, 0.15) is 33.5 Å². The lowest BCUT2D eigenvalue weighted by Crippen LogP contribution is -2.04. The Morgan fingerprint density at radius 3 is 1.28 bits per heavy atom. The molecule has 0 radical (unpaired) electrons. The van der Waals surface area contributed by atoms with Crippen molar-refractivity contribution >= 4 is 50.5 Å². The van der Waals surface area contributed by atoms with Crippen molar-refractivity contribution in [1.82, 2.24) is 19.9 Å². The van der Waals surface area contributed by atoms with Crippen molar-refractivity contribution in [2.24, 2.45) is 0 Å². The molecule has 54 heavy (non-hydrogen) atoms. The minimum atomic E-state index is -0.0944. The number of rotatable bonds is 6. The van der Waals surface area contributed by atoms with Crippen molar-refractivity contribution in [3.8, 4) is 54.7 Å². The SMILES string of the molecule is Cc1ccc(-c2nc3c(-c4cc(C)c(C(C)C)s4)c4nc5c(nc4c(-c4cc(C)c(C(C)C)s4)c3nc2-c2ccc(C)cc2)-c2ccccc2C5=O)cc1. The number of nitrogens with zero attached hydrogens (tertiary/aromatic N) is 4. The third-order valence-corrected chi connectivity index (χ3v) is 13.6. The van der Waals surface area contributed by atoms with Gasteiger partial charge in [0.25, 0.3) is 0 Å². The minimum Gasteiger partial charge on any atom is -0.287 e. The van der Waals surface area contributed by atoms with Crippen molar-refractivity contribution in [3.63, 3.8) is 0 Å². The zero-order chi connectivity index (χ0) is 37.6. The highest BCUT2D eigenvalue weighted by Crippen LogP contribution is 2.49. The number of fused-ring (bicyclic) bond motifs is 5. The second-order valence-electron chi connectivity index (χ2n) is 15.2. The molecule has 0 fully saturated rings. The lowest BCUT2D eigenvalue weighted by atomic mass is 9.97. The number of hydrogen-bond donors (Lipinski definition) is 0. The quantitative estimate of drug-likeness (QED) is 0.159. The van der Waals surface area contributed by atoms with Gasteiger partial charge in [-0.15, -0.1) is 22.7 Å². The topological polar surface area (TPSA) is 68.6 Å². The van der Waals surface area contributed by atoms with Crippen LogP contribution in [0.2, 0.25) is 0 Å². The molecule has 0 bridgehead atoms. The van der Waals surface area contributed by atoms with Crippen LogP contribution in [0.1, 0.15) is 87.6 Å². The number of thiophene rings is 2. The predicted octanol–water partition coefficient (Wildman–Crippen LogP) is 13.1. The summed E-state index contributed by atoms with van der Waals surface area (Å²) in [6, 6.07) is 29.3. The minimum absolute atomic E-state index is 0.0944. The van der Waals surface area contributed by atoms with Crippen LogP contribution in [0, 0.1) is 27.7 Å². The predicted molar refractivity (Wildman–Crippen MR) is 226 cm³/mol. The Morgan fingerprint density at radius 2 is 0.870 bits per heavy atom. The van der Waals surface area contributed by atoms with Crippen LogP contribution in [0.25, 0.3) is 76.7 Å². The first-order valence-electron chi connectivity index (χ1n) is 18.6. The largest absolute Gasteiger partial charge is 0.287 e. The van der Waals surface area contributed by atoms with Crippen LogP contribution >= 0.6 is 22.7 Å². The molecule has 9 rings (SSSR count). The van der Waals surface area contributed by atoms with Crippen LogP contribution in [0.4, 0.5) is 0 Å². The number of aryl methyl sites for hydroxylation is 4. The smallest absolute Gasteiger partial charge is 0.214 e. The summed E-state index contributed by atoms with van der Waals surface area (Å²) in [7, 11) is 0. The van der Waals surface area contributed by atoms with Gasteiger partial charge in [-0.3, -0.25) is 4.79 Å². The highest BCUT2D eigenvalue weighted by molar-refractivity contribution is 7.16. The number of hydrogen-bond acceptors (Lipinski definition) is 7. The Balaban J connectivity index is 1.51. The molecule has 7 heteroatoms. The van der Waals surface area contributed by atoms with Gasteiger partial charge >= 0.3 is 0 Å². The van der Waals surface area contributed by atoms with E-state index in [4.69, 9.17) is 19.9 Å². The number of carbonyl (C=O) groups excluding carboxylic acids is 1. The maximum atomic E-state index is 14.0. The Kier molecular flexibility index (Phi) is 8.21.